The summed E-state index contributed by atoms with van der Waals surface area (Å²) in [5.41, 5.74) is 0. The topological polar surface area (TPSA) is 37.3 Å². The van der Waals surface area contributed by atoms with E-state index < -0.39 is 5.97 Å². The standard InChI is InChI=1S/C7H14O2.Hg/c1-2-3-4-5-6-7(8)9;/h2-6H2,1H3,(H,8,9);. The summed E-state index contributed by atoms with van der Waals surface area (Å²) in [6.07, 6.45) is 4.55. The molecule has 0 atom stereocenters. The van der Waals surface area contributed by atoms with Crippen molar-refractivity contribution in [2.45, 2.75) is 39.0 Å². The van der Waals surface area contributed by atoms with Gasteiger partial charge in [-0.3, -0.25) is 4.79 Å². The van der Waals surface area contributed by atoms with E-state index in [9.17, 15) is 4.79 Å². The zero-order chi connectivity index (χ0) is 7.11. The van der Waals surface area contributed by atoms with Crippen molar-refractivity contribution in [1.82, 2.24) is 0 Å². The van der Waals surface area contributed by atoms with Gasteiger partial charge in [-0.2, -0.15) is 0 Å². The van der Waals surface area contributed by atoms with E-state index in [2.05, 4.69) is 6.92 Å². The smallest absolute Gasteiger partial charge is 0.303 e. The zero-order valence-electron chi connectivity index (χ0n) is 6.60. The molecule has 0 radical (unpaired) electrons. The van der Waals surface area contributed by atoms with E-state index in [1.54, 1.807) is 0 Å². The van der Waals surface area contributed by atoms with Gasteiger partial charge >= 0.3 is 5.97 Å². The molecule has 0 saturated heterocycles. The van der Waals surface area contributed by atoms with Crippen LogP contribution in [0.15, 0.2) is 0 Å². The van der Waals surface area contributed by atoms with E-state index in [4.69, 9.17) is 5.11 Å². The SMILES string of the molecule is CCCCCCC(=O)O.[Hg]. The third-order valence-electron chi connectivity index (χ3n) is 1.24. The van der Waals surface area contributed by atoms with Gasteiger partial charge in [-0.15, -0.1) is 0 Å². The van der Waals surface area contributed by atoms with E-state index in [0.717, 1.165) is 19.3 Å². The molecule has 0 aromatic rings. The van der Waals surface area contributed by atoms with Crippen LogP contribution in [0.3, 0.4) is 0 Å². The molecular formula is C7H14HgO2. The summed E-state index contributed by atoms with van der Waals surface area (Å²) in [6, 6.07) is 0. The molecule has 1 N–H and O–H groups in total. The van der Waals surface area contributed by atoms with Crippen molar-refractivity contribution in [3.05, 3.63) is 0 Å². The molecule has 0 fully saturated rings. The number of aliphatic carboxylic acids is 1. The van der Waals surface area contributed by atoms with Crippen LogP contribution < -0.4 is 0 Å². The summed E-state index contributed by atoms with van der Waals surface area (Å²) >= 11 is 0. The van der Waals surface area contributed by atoms with Crippen molar-refractivity contribution in [1.29, 1.82) is 0 Å². The molecule has 0 rings (SSSR count). The summed E-state index contributed by atoms with van der Waals surface area (Å²) in [5.74, 6) is -0.675. The van der Waals surface area contributed by atoms with Crippen LogP contribution in [0.5, 0.6) is 0 Å². The summed E-state index contributed by atoms with van der Waals surface area (Å²) in [5, 5.41) is 8.21. The van der Waals surface area contributed by atoms with Gasteiger partial charge in [0.05, 0.1) is 0 Å². The molecule has 0 heterocycles. The maximum absolute atomic E-state index is 9.96. The Morgan fingerprint density at radius 2 is 1.90 bits per heavy atom. The fourth-order valence-corrected chi connectivity index (χ4v) is 0.703. The average molecular weight is 331 g/mol. The molecule has 2 nitrogen and oxygen atoms in total. The summed E-state index contributed by atoms with van der Waals surface area (Å²) in [6.45, 7) is 2.11. The van der Waals surface area contributed by atoms with E-state index in [-0.39, 0.29) is 27.7 Å². The first-order chi connectivity index (χ1) is 4.27. The molecule has 0 saturated carbocycles. The molecular weight excluding hydrogens is 317 g/mol. The second-order valence-electron chi connectivity index (χ2n) is 2.20. The first kappa shape index (κ1) is 13.0. The van der Waals surface area contributed by atoms with Gasteiger partial charge in [-0.25, -0.2) is 0 Å². The normalized spacial score (nSPS) is 8.50. The van der Waals surface area contributed by atoms with E-state index >= 15 is 0 Å². The molecule has 0 spiro atoms. The molecule has 10 heavy (non-hydrogen) atoms. The van der Waals surface area contributed by atoms with Crippen LogP contribution in [0.25, 0.3) is 0 Å². The molecule has 0 aromatic heterocycles. The summed E-state index contributed by atoms with van der Waals surface area (Å²) in [7, 11) is 0. The number of hydrogen-bond acceptors (Lipinski definition) is 1. The molecule has 0 aliphatic heterocycles. The van der Waals surface area contributed by atoms with Crippen molar-refractivity contribution in [3.63, 3.8) is 0 Å². The van der Waals surface area contributed by atoms with Gasteiger partial charge in [0.1, 0.15) is 0 Å². The van der Waals surface area contributed by atoms with Crippen molar-refractivity contribution in [3.8, 4) is 0 Å². The quantitative estimate of drug-likeness (QED) is 0.619. The van der Waals surface area contributed by atoms with Crippen molar-refractivity contribution in [2.75, 3.05) is 0 Å². The van der Waals surface area contributed by atoms with E-state index in [1.165, 1.54) is 6.42 Å². The molecule has 56 valence electrons. The van der Waals surface area contributed by atoms with E-state index in [0.29, 0.717) is 6.42 Å². The number of rotatable bonds is 5. The fourth-order valence-electron chi connectivity index (χ4n) is 0.703. The van der Waals surface area contributed by atoms with Crippen LogP contribution in [0.2, 0.25) is 0 Å². The first-order valence-corrected chi connectivity index (χ1v) is 3.49. The van der Waals surface area contributed by atoms with Crippen LogP contribution in [-0.2, 0) is 32.5 Å². The zero-order valence-corrected chi connectivity index (χ0v) is 12.1. The average Bonchev–Trinajstić information content (AvgIpc) is 1.80. The Balaban J connectivity index is 0. The van der Waals surface area contributed by atoms with Gasteiger partial charge in [-0.1, -0.05) is 26.2 Å². The minimum Gasteiger partial charge on any atom is -0.481 e. The van der Waals surface area contributed by atoms with Gasteiger partial charge in [0.2, 0.25) is 0 Å². The van der Waals surface area contributed by atoms with Crippen molar-refractivity contribution >= 4 is 5.97 Å². The summed E-state index contributed by atoms with van der Waals surface area (Å²) in [4.78, 5) is 9.96. The molecule has 0 amide bonds. The minimum absolute atomic E-state index is 0. The second-order valence-corrected chi connectivity index (χ2v) is 2.20. The van der Waals surface area contributed by atoms with Crippen molar-refractivity contribution < 1.29 is 37.6 Å². The minimum atomic E-state index is -0.675. The molecule has 0 aromatic carbocycles. The monoisotopic (exact) mass is 332 g/mol. The van der Waals surface area contributed by atoms with Crippen LogP contribution in [0.1, 0.15) is 39.0 Å². The molecule has 0 aliphatic rings. The number of carboxylic acids is 1. The Hall–Kier alpha value is 0.405. The van der Waals surface area contributed by atoms with Gasteiger partial charge in [0.25, 0.3) is 0 Å². The third kappa shape index (κ3) is 11.2. The first-order valence-electron chi connectivity index (χ1n) is 3.49. The Bertz CT molecular complexity index is 83.7. The summed E-state index contributed by atoms with van der Waals surface area (Å²) < 4.78 is 0. The number of unbranched alkanes of at least 4 members (excludes halogenated alkanes) is 3. The largest absolute Gasteiger partial charge is 0.481 e. The fraction of sp³-hybridized carbons (Fsp3) is 0.857. The maximum atomic E-state index is 9.96. The Kier molecular flexibility index (Phi) is 12.3. The van der Waals surface area contributed by atoms with Crippen LogP contribution in [0.4, 0.5) is 0 Å². The van der Waals surface area contributed by atoms with Crippen LogP contribution >= 0.6 is 0 Å². The predicted octanol–water partition coefficient (Wildman–Crippen LogP) is 2.04. The Labute approximate surface area is 82.5 Å². The molecule has 3 heteroatoms. The number of hydrogen-bond donors (Lipinski definition) is 1. The van der Waals surface area contributed by atoms with Crippen molar-refractivity contribution in [2.24, 2.45) is 0 Å². The maximum Gasteiger partial charge on any atom is 0.303 e. The molecule has 0 unspecified atom stereocenters. The number of carboxylic acid groups (broad SMARTS) is 1. The second kappa shape index (κ2) is 9.41. The Morgan fingerprint density at radius 3 is 2.30 bits per heavy atom. The van der Waals surface area contributed by atoms with Gasteiger partial charge < -0.3 is 5.11 Å². The molecule has 0 aliphatic carbocycles. The van der Waals surface area contributed by atoms with Crippen LogP contribution in [0, 0.1) is 0 Å². The third-order valence-corrected chi connectivity index (χ3v) is 1.24. The van der Waals surface area contributed by atoms with Gasteiger partial charge in [-0.05, 0) is 6.42 Å². The van der Waals surface area contributed by atoms with Gasteiger partial charge in [0.15, 0.2) is 0 Å². The van der Waals surface area contributed by atoms with Crippen LogP contribution in [-0.4, -0.2) is 11.1 Å². The van der Waals surface area contributed by atoms with Gasteiger partial charge in [0, 0.05) is 34.1 Å². The van der Waals surface area contributed by atoms with E-state index in [1.807, 2.05) is 0 Å². The number of carbonyl (C=O) groups is 1. The predicted molar refractivity (Wildman–Crippen MR) is 36.4 cm³/mol. The molecule has 0 bridgehead atoms. The Morgan fingerprint density at radius 1 is 1.30 bits per heavy atom.